The van der Waals surface area contributed by atoms with Crippen LogP contribution in [-0.4, -0.2) is 54.8 Å². The van der Waals surface area contributed by atoms with E-state index in [4.69, 9.17) is 9.47 Å². The van der Waals surface area contributed by atoms with Crippen molar-refractivity contribution in [3.8, 4) is 11.8 Å². The molecule has 0 spiro atoms. The molecule has 9 heteroatoms. The molecule has 138 valence electrons. The number of hydrogen-bond acceptors (Lipinski definition) is 7. The van der Waals surface area contributed by atoms with Crippen molar-refractivity contribution in [3.63, 3.8) is 0 Å². The molecule has 0 N–H and O–H groups in total. The highest BCUT2D eigenvalue weighted by Gasteiger charge is 2.34. The molecule has 1 aromatic carbocycles. The Morgan fingerprint density at radius 3 is 2.42 bits per heavy atom. The fraction of sp³-hybridized carbons (Fsp3) is 0.353. The Kier molecular flexibility index (Phi) is 5.19. The van der Waals surface area contributed by atoms with Gasteiger partial charge in [-0.1, -0.05) is 12.1 Å². The van der Waals surface area contributed by atoms with E-state index in [2.05, 4.69) is 9.97 Å². The lowest BCUT2D eigenvalue weighted by Crippen LogP contribution is -2.31. The van der Waals surface area contributed by atoms with Gasteiger partial charge in [0.25, 0.3) is 11.8 Å². The zero-order chi connectivity index (χ0) is 18.7. The topological polar surface area (TPSA) is 98.7 Å². The summed E-state index contributed by atoms with van der Waals surface area (Å²) in [5.41, 5.74) is 0.473. The van der Waals surface area contributed by atoms with E-state index in [1.165, 1.54) is 55.0 Å². The molecule has 26 heavy (non-hydrogen) atoms. The average Bonchev–Trinajstić information content (AvgIpc) is 3.11. The normalized spacial score (nSPS) is 17.8. The monoisotopic (exact) mass is 377 g/mol. The van der Waals surface area contributed by atoms with Crippen LogP contribution in [0.5, 0.6) is 11.8 Å². The third-order valence-electron chi connectivity index (χ3n) is 4.11. The molecular weight excluding hydrogens is 358 g/mol. The summed E-state index contributed by atoms with van der Waals surface area (Å²) < 4.78 is 37.8. The van der Waals surface area contributed by atoms with Crippen LogP contribution in [0.25, 0.3) is 0 Å². The number of sulfonamides is 1. The third kappa shape index (κ3) is 3.68. The van der Waals surface area contributed by atoms with E-state index in [1.54, 1.807) is 0 Å². The second-order valence-corrected chi connectivity index (χ2v) is 7.78. The Labute approximate surface area is 151 Å². The highest BCUT2D eigenvalue weighted by atomic mass is 32.2. The van der Waals surface area contributed by atoms with Crippen LogP contribution in [0.4, 0.5) is 0 Å². The summed E-state index contributed by atoms with van der Waals surface area (Å²) in [6.45, 7) is 1.98. The van der Waals surface area contributed by atoms with Crippen LogP contribution in [0.2, 0.25) is 0 Å². The molecule has 0 amide bonds. The first-order chi connectivity index (χ1) is 12.4. The van der Waals surface area contributed by atoms with Crippen molar-refractivity contribution in [2.24, 2.45) is 0 Å². The van der Waals surface area contributed by atoms with Crippen LogP contribution >= 0.6 is 0 Å². The van der Waals surface area contributed by atoms with Crippen LogP contribution < -0.4 is 9.47 Å². The van der Waals surface area contributed by atoms with E-state index >= 15 is 0 Å². The predicted molar refractivity (Wildman–Crippen MR) is 92.8 cm³/mol. The number of hydrogen-bond donors (Lipinski definition) is 0. The lowest BCUT2D eigenvalue weighted by molar-refractivity contribution is 0.101. The highest BCUT2D eigenvalue weighted by molar-refractivity contribution is 7.89. The van der Waals surface area contributed by atoms with Crippen LogP contribution in [0.3, 0.4) is 0 Å². The summed E-state index contributed by atoms with van der Waals surface area (Å²) in [5, 5.41) is 0. The van der Waals surface area contributed by atoms with Crippen LogP contribution in [-0.2, 0) is 10.0 Å². The summed E-state index contributed by atoms with van der Waals surface area (Å²) in [6.07, 6.45) is 3.16. The van der Waals surface area contributed by atoms with Gasteiger partial charge in [-0.15, -0.1) is 0 Å². The van der Waals surface area contributed by atoms with Crippen LogP contribution in [0.15, 0.2) is 41.6 Å². The quantitative estimate of drug-likeness (QED) is 0.704. The predicted octanol–water partition coefficient (Wildman–Crippen LogP) is 1.53. The van der Waals surface area contributed by atoms with Crippen molar-refractivity contribution < 1.29 is 22.7 Å². The maximum atomic E-state index is 12.8. The van der Waals surface area contributed by atoms with Gasteiger partial charge in [0.05, 0.1) is 18.6 Å². The van der Waals surface area contributed by atoms with Crippen molar-refractivity contribution in [1.82, 2.24) is 14.3 Å². The van der Waals surface area contributed by atoms with Crippen molar-refractivity contribution in [2.75, 3.05) is 20.2 Å². The van der Waals surface area contributed by atoms with Crippen molar-refractivity contribution in [3.05, 3.63) is 42.2 Å². The Bertz CT molecular complexity index is 899. The lowest BCUT2D eigenvalue weighted by atomic mass is 10.2. The molecular formula is C17H19N3O5S. The zero-order valence-corrected chi connectivity index (χ0v) is 15.3. The Morgan fingerprint density at radius 2 is 1.81 bits per heavy atom. The molecule has 1 unspecified atom stereocenters. The molecule has 1 fully saturated rings. The van der Waals surface area contributed by atoms with E-state index in [1.807, 2.05) is 0 Å². The Hall–Kier alpha value is -2.52. The molecule has 0 saturated carbocycles. The van der Waals surface area contributed by atoms with Crippen molar-refractivity contribution in [2.45, 2.75) is 24.3 Å². The number of carbonyl (C=O) groups is 1. The van der Waals surface area contributed by atoms with Crippen molar-refractivity contribution in [1.29, 1.82) is 0 Å². The van der Waals surface area contributed by atoms with E-state index < -0.39 is 10.0 Å². The molecule has 1 saturated heterocycles. The first kappa shape index (κ1) is 18.3. The van der Waals surface area contributed by atoms with E-state index in [9.17, 15) is 13.2 Å². The number of methoxy groups -OCH3 is 1. The Balaban J connectivity index is 1.72. The molecule has 1 atom stereocenters. The maximum Gasteiger partial charge on any atom is 0.278 e. The summed E-state index contributed by atoms with van der Waals surface area (Å²) in [7, 11) is -2.18. The van der Waals surface area contributed by atoms with Gasteiger partial charge in [-0.25, -0.2) is 18.4 Å². The molecule has 2 heterocycles. The first-order valence-electron chi connectivity index (χ1n) is 8.04. The van der Waals surface area contributed by atoms with Gasteiger partial charge in [0, 0.05) is 24.5 Å². The summed E-state index contributed by atoms with van der Waals surface area (Å²) >= 11 is 0. The number of carbonyl (C=O) groups excluding carboxylic acids is 1. The summed E-state index contributed by atoms with van der Waals surface area (Å²) in [5.74, 6) is 0.389. The van der Waals surface area contributed by atoms with E-state index in [-0.39, 0.29) is 35.1 Å². The Morgan fingerprint density at radius 1 is 1.15 bits per heavy atom. The standard InChI is InChI=1S/C17H19N3O5S/c1-12(21)13-3-5-15(6-4-13)26(22,23)20-10-7-14(11-20)25-17-16(24-2)18-8-9-19-17/h3-6,8-9,14H,7,10-11H2,1-2H3. The van der Waals surface area contributed by atoms with Crippen molar-refractivity contribution >= 4 is 15.8 Å². The number of Topliss-reactive ketones (excluding diaryl/α,β-unsaturated/α-hetero) is 1. The molecule has 1 aliphatic rings. The molecule has 0 aliphatic carbocycles. The average molecular weight is 377 g/mol. The fourth-order valence-corrected chi connectivity index (χ4v) is 4.20. The van der Waals surface area contributed by atoms with Gasteiger partial charge >= 0.3 is 0 Å². The fourth-order valence-electron chi connectivity index (χ4n) is 2.71. The summed E-state index contributed by atoms with van der Waals surface area (Å²) in [4.78, 5) is 19.6. The number of ether oxygens (including phenoxy) is 2. The lowest BCUT2D eigenvalue weighted by Gasteiger charge is -2.17. The van der Waals surface area contributed by atoms with Gasteiger partial charge in [0.1, 0.15) is 6.10 Å². The van der Waals surface area contributed by atoms with Gasteiger partial charge in [0.15, 0.2) is 5.78 Å². The van der Waals surface area contributed by atoms with E-state index in [0.29, 0.717) is 18.5 Å². The highest BCUT2D eigenvalue weighted by Crippen LogP contribution is 2.27. The molecule has 0 bridgehead atoms. The number of nitrogens with zero attached hydrogens (tertiary/aromatic N) is 3. The van der Waals surface area contributed by atoms with Gasteiger partial charge in [-0.3, -0.25) is 4.79 Å². The maximum absolute atomic E-state index is 12.8. The molecule has 0 radical (unpaired) electrons. The molecule has 1 aromatic heterocycles. The largest absolute Gasteiger partial charge is 0.477 e. The minimum absolute atomic E-state index is 0.110. The van der Waals surface area contributed by atoms with Crippen LogP contribution in [0, 0.1) is 0 Å². The second-order valence-electron chi connectivity index (χ2n) is 5.84. The van der Waals surface area contributed by atoms with Gasteiger partial charge < -0.3 is 9.47 Å². The number of benzene rings is 1. The first-order valence-corrected chi connectivity index (χ1v) is 9.48. The van der Waals surface area contributed by atoms with Crippen LogP contribution in [0.1, 0.15) is 23.7 Å². The van der Waals surface area contributed by atoms with Gasteiger partial charge in [-0.2, -0.15) is 4.31 Å². The SMILES string of the molecule is COc1nccnc1OC1CCN(S(=O)(=O)c2ccc(C(C)=O)cc2)C1. The number of ketones is 1. The number of rotatable bonds is 6. The smallest absolute Gasteiger partial charge is 0.278 e. The minimum Gasteiger partial charge on any atom is -0.477 e. The molecule has 1 aliphatic heterocycles. The second kappa shape index (κ2) is 7.38. The minimum atomic E-state index is -3.65. The summed E-state index contributed by atoms with van der Waals surface area (Å²) in [6, 6.07) is 5.94. The molecule has 2 aromatic rings. The number of aromatic nitrogens is 2. The molecule has 3 rings (SSSR count). The van der Waals surface area contributed by atoms with E-state index in [0.717, 1.165) is 0 Å². The van der Waals surface area contributed by atoms with Gasteiger partial charge in [-0.05, 0) is 25.5 Å². The third-order valence-corrected chi connectivity index (χ3v) is 5.99. The van der Waals surface area contributed by atoms with Gasteiger partial charge in [0.2, 0.25) is 10.0 Å². The zero-order valence-electron chi connectivity index (χ0n) is 14.5. The molecule has 8 nitrogen and oxygen atoms in total.